The number of nitrogens with zero attached hydrogens (tertiary/aromatic N) is 3. The number of carbonyl (C=O) groups excluding carboxylic acids is 2. The molecule has 1 unspecified atom stereocenters. The van der Waals surface area contributed by atoms with Crippen molar-refractivity contribution in [2.24, 2.45) is 5.41 Å². The van der Waals surface area contributed by atoms with Gasteiger partial charge in [-0.1, -0.05) is 26.0 Å². The molecule has 10 heteroatoms. The van der Waals surface area contributed by atoms with Gasteiger partial charge < -0.3 is 10.1 Å². The van der Waals surface area contributed by atoms with Crippen LogP contribution in [0.2, 0.25) is 0 Å². The fourth-order valence-electron chi connectivity index (χ4n) is 4.97. The average Bonchev–Trinajstić information content (AvgIpc) is 3.50. The lowest BCUT2D eigenvalue weighted by Gasteiger charge is -2.29. The lowest BCUT2D eigenvalue weighted by Crippen LogP contribution is -2.28. The van der Waals surface area contributed by atoms with Gasteiger partial charge in [0.2, 0.25) is 0 Å². The Bertz CT molecular complexity index is 1340. The van der Waals surface area contributed by atoms with Gasteiger partial charge in [0.1, 0.15) is 11.8 Å². The molecule has 194 valence electrons. The zero-order valence-electron chi connectivity index (χ0n) is 20.6. The van der Waals surface area contributed by atoms with Gasteiger partial charge in [-0.05, 0) is 54.5 Å². The van der Waals surface area contributed by atoms with Crippen molar-refractivity contribution in [3.05, 3.63) is 76.2 Å². The predicted molar refractivity (Wildman–Crippen MR) is 128 cm³/mol. The molecule has 5 rings (SSSR count). The molecule has 37 heavy (non-hydrogen) atoms. The van der Waals surface area contributed by atoms with Crippen LogP contribution in [0.5, 0.6) is 0 Å². The van der Waals surface area contributed by atoms with Gasteiger partial charge in [0.25, 0.3) is 5.91 Å². The molecule has 1 aliphatic heterocycles. The molecular formula is C27H27F3N4O3. The van der Waals surface area contributed by atoms with E-state index in [4.69, 9.17) is 9.84 Å². The van der Waals surface area contributed by atoms with Gasteiger partial charge in [0.05, 0.1) is 22.4 Å². The van der Waals surface area contributed by atoms with Gasteiger partial charge in [-0.2, -0.15) is 18.3 Å². The van der Waals surface area contributed by atoms with E-state index in [9.17, 15) is 22.8 Å². The van der Waals surface area contributed by atoms with Crippen LogP contribution in [0.1, 0.15) is 82.4 Å². The minimum atomic E-state index is -4.45. The van der Waals surface area contributed by atoms with Crippen molar-refractivity contribution in [1.82, 2.24) is 20.1 Å². The first-order valence-corrected chi connectivity index (χ1v) is 12.2. The first kappa shape index (κ1) is 25.1. The Labute approximate surface area is 212 Å². The van der Waals surface area contributed by atoms with Crippen LogP contribution in [0, 0.1) is 5.41 Å². The van der Waals surface area contributed by atoms with Gasteiger partial charge >= 0.3 is 6.18 Å². The van der Waals surface area contributed by atoms with Crippen molar-refractivity contribution in [2.45, 2.75) is 58.4 Å². The summed E-state index contributed by atoms with van der Waals surface area (Å²) in [5.41, 5.74) is 1.67. The Morgan fingerprint density at radius 1 is 1.22 bits per heavy atom. The number of amides is 1. The maximum atomic E-state index is 13.1. The standard InChI is InChI=1S/C27H27F3N4O3/c1-26(2)12-19-23(20(35)13-26)24(21-7-4-10-37-21)33-34(19)22-9-8-17(15-31-22)25(36)32-14-16-5-3-6-18(11-16)27(28,29)30/h3,5-6,8-9,11,15,21H,4,7,10,12-14H2,1-2H3,(H,32,36). The molecule has 2 aromatic heterocycles. The highest BCUT2D eigenvalue weighted by molar-refractivity contribution is 6.00. The van der Waals surface area contributed by atoms with Crippen molar-refractivity contribution in [2.75, 3.05) is 6.61 Å². The van der Waals surface area contributed by atoms with Gasteiger partial charge in [-0.25, -0.2) is 9.67 Å². The number of Topliss-reactive ketones (excluding diaryl/α,β-unsaturated/α-hetero) is 1. The Morgan fingerprint density at radius 2 is 2.03 bits per heavy atom. The van der Waals surface area contributed by atoms with Crippen LogP contribution >= 0.6 is 0 Å². The molecule has 7 nitrogen and oxygen atoms in total. The van der Waals surface area contributed by atoms with E-state index in [1.54, 1.807) is 16.8 Å². The fourth-order valence-corrected chi connectivity index (χ4v) is 4.97. The Kier molecular flexibility index (Phi) is 6.39. The van der Waals surface area contributed by atoms with E-state index in [2.05, 4.69) is 10.3 Å². The summed E-state index contributed by atoms with van der Waals surface area (Å²) >= 11 is 0. The highest BCUT2D eigenvalue weighted by Crippen LogP contribution is 2.40. The van der Waals surface area contributed by atoms with Crippen LogP contribution < -0.4 is 5.32 Å². The third-order valence-corrected chi connectivity index (χ3v) is 6.74. The molecule has 0 radical (unpaired) electrons. The molecule has 1 amide bonds. The van der Waals surface area contributed by atoms with E-state index in [-0.39, 0.29) is 29.4 Å². The predicted octanol–water partition coefficient (Wildman–Crippen LogP) is 5.22. The lowest BCUT2D eigenvalue weighted by molar-refractivity contribution is -0.137. The van der Waals surface area contributed by atoms with E-state index in [0.717, 1.165) is 30.7 Å². The maximum Gasteiger partial charge on any atom is 0.416 e. The molecule has 1 aromatic carbocycles. The van der Waals surface area contributed by atoms with Crippen molar-refractivity contribution in [3.8, 4) is 5.82 Å². The largest absolute Gasteiger partial charge is 0.416 e. The van der Waals surface area contributed by atoms with Crippen molar-refractivity contribution < 1.29 is 27.5 Å². The van der Waals surface area contributed by atoms with Gasteiger partial charge in [0.15, 0.2) is 11.6 Å². The van der Waals surface area contributed by atoms with E-state index < -0.39 is 17.6 Å². The molecule has 3 heterocycles. The van der Waals surface area contributed by atoms with Crippen molar-refractivity contribution >= 4 is 11.7 Å². The number of alkyl halides is 3. The van der Waals surface area contributed by atoms with Crippen LogP contribution in [0.15, 0.2) is 42.6 Å². The normalized spacial score (nSPS) is 19.1. The monoisotopic (exact) mass is 512 g/mol. The number of carbonyl (C=O) groups is 2. The number of fused-ring (bicyclic) bond motifs is 1. The first-order chi connectivity index (χ1) is 17.5. The summed E-state index contributed by atoms with van der Waals surface area (Å²) in [5.74, 6) is 0.0596. The fraction of sp³-hybridized carbons (Fsp3) is 0.407. The van der Waals surface area contributed by atoms with E-state index in [1.807, 2.05) is 13.8 Å². The highest BCUT2D eigenvalue weighted by atomic mass is 19.4. The molecule has 1 atom stereocenters. The Hall–Kier alpha value is -3.53. The lowest BCUT2D eigenvalue weighted by atomic mass is 9.75. The summed E-state index contributed by atoms with van der Waals surface area (Å²) in [6.07, 6.45) is -0.478. The van der Waals surface area contributed by atoms with Crippen LogP contribution in [-0.2, 0) is 23.9 Å². The summed E-state index contributed by atoms with van der Waals surface area (Å²) in [6.45, 7) is 4.66. The molecule has 1 saturated heterocycles. The smallest absolute Gasteiger partial charge is 0.372 e. The number of hydrogen-bond donors (Lipinski definition) is 1. The summed E-state index contributed by atoms with van der Waals surface area (Å²) in [7, 11) is 0. The van der Waals surface area contributed by atoms with Crippen LogP contribution in [-0.4, -0.2) is 33.1 Å². The summed E-state index contributed by atoms with van der Waals surface area (Å²) < 4.78 is 46.3. The minimum Gasteiger partial charge on any atom is -0.372 e. The zero-order valence-corrected chi connectivity index (χ0v) is 20.6. The number of hydrogen-bond acceptors (Lipinski definition) is 5. The molecule has 0 saturated carbocycles. The second-order valence-electron chi connectivity index (χ2n) is 10.3. The Balaban J connectivity index is 1.37. The van der Waals surface area contributed by atoms with Crippen molar-refractivity contribution in [1.29, 1.82) is 0 Å². The van der Waals surface area contributed by atoms with Crippen molar-refractivity contribution in [3.63, 3.8) is 0 Å². The Morgan fingerprint density at radius 3 is 2.70 bits per heavy atom. The molecule has 1 N–H and O–H groups in total. The topological polar surface area (TPSA) is 86.1 Å². The number of benzene rings is 1. The third-order valence-electron chi connectivity index (χ3n) is 6.74. The third kappa shape index (κ3) is 5.16. The van der Waals surface area contributed by atoms with E-state index in [1.165, 1.54) is 18.3 Å². The molecule has 0 spiro atoms. The second-order valence-corrected chi connectivity index (χ2v) is 10.3. The molecule has 1 aliphatic carbocycles. The average molecular weight is 513 g/mol. The second kappa shape index (κ2) is 9.41. The van der Waals surface area contributed by atoms with Crippen LogP contribution in [0.3, 0.4) is 0 Å². The summed E-state index contributed by atoms with van der Waals surface area (Å²) in [5, 5.41) is 7.39. The number of ketones is 1. The number of halogens is 3. The molecule has 1 fully saturated rings. The number of ether oxygens (including phenoxy) is 1. The van der Waals surface area contributed by atoms with Gasteiger partial charge in [-0.15, -0.1) is 0 Å². The van der Waals surface area contributed by atoms with Gasteiger partial charge in [0, 0.05) is 25.8 Å². The molecule has 0 bridgehead atoms. The minimum absolute atomic E-state index is 0.0496. The zero-order chi connectivity index (χ0) is 26.4. The van der Waals surface area contributed by atoms with Crippen LogP contribution in [0.25, 0.3) is 5.82 Å². The highest BCUT2D eigenvalue weighted by Gasteiger charge is 2.39. The number of aromatic nitrogens is 3. The number of nitrogens with one attached hydrogen (secondary N) is 1. The van der Waals surface area contributed by atoms with E-state index in [0.29, 0.717) is 42.1 Å². The molecular weight excluding hydrogens is 485 g/mol. The molecule has 3 aromatic rings. The first-order valence-electron chi connectivity index (χ1n) is 12.2. The molecule has 2 aliphatic rings. The summed E-state index contributed by atoms with van der Waals surface area (Å²) in [4.78, 5) is 30.1. The number of pyridine rings is 1. The van der Waals surface area contributed by atoms with Gasteiger partial charge in [-0.3, -0.25) is 9.59 Å². The van der Waals surface area contributed by atoms with E-state index >= 15 is 0 Å². The van der Waals surface area contributed by atoms with Crippen LogP contribution in [0.4, 0.5) is 13.2 Å². The quantitative estimate of drug-likeness (QED) is 0.507. The summed E-state index contributed by atoms with van der Waals surface area (Å²) in [6, 6.07) is 8.06. The number of rotatable bonds is 5. The SMILES string of the molecule is CC1(C)CC(=O)c2c(C3CCCO3)nn(-c3ccc(C(=O)NCc4cccc(C(F)(F)F)c4)cn3)c2C1. The maximum absolute atomic E-state index is 13.1.